The monoisotopic (exact) mass is 329 g/mol. The van der Waals surface area contributed by atoms with Crippen molar-refractivity contribution in [3.05, 3.63) is 36.2 Å². The van der Waals surface area contributed by atoms with E-state index in [9.17, 15) is 4.79 Å². The fraction of sp³-hybridized carbons (Fsp3) is 0.471. The molecule has 1 amide bonds. The van der Waals surface area contributed by atoms with E-state index in [4.69, 9.17) is 4.74 Å². The first-order valence-electron chi connectivity index (χ1n) is 8.27. The summed E-state index contributed by atoms with van der Waals surface area (Å²) in [6, 6.07) is 9.28. The van der Waals surface area contributed by atoms with Crippen molar-refractivity contribution >= 4 is 11.9 Å². The highest BCUT2D eigenvalue weighted by Gasteiger charge is 2.22. The first-order valence-corrected chi connectivity index (χ1v) is 8.27. The molecule has 1 fully saturated rings. The number of nitrogens with one attached hydrogen (secondary N) is 2. The van der Waals surface area contributed by atoms with Crippen LogP contribution in [0, 0.1) is 0 Å². The molecule has 0 bridgehead atoms. The van der Waals surface area contributed by atoms with Gasteiger partial charge in [0, 0.05) is 13.0 Å². The van der Waals surface area contributed by atoms with Crippen molar-refractivity contribution in [2.24, 2.45) is 7.05 Å². The Bertz CT molecular complexity index is 680. The van der Waals surface area contributed by atoms with Crippen LogP contribution in [0.5, 0.6) is 5.75 Å². The maximum Gasteiger partial charge on any atom is 0.267 e. The molecule has 0 spiro atoms. The second-order valence-electron chi connectivity index (χ2n) is 6.00. The number of piperidine rings is 1. The van der Waals surface area contributed by atoms with Crippen molar-refractivity contribution in [2.45, 2.75) is 31.8 Å². The SMILES string of the molecule is CC(Oc1ccccc1)C(=O)Nc1nc(C2CCNCC2)nn1C. The Labute approximate surface area is 141 Å². The number of hydrogen-bond donors (Lipinski definition) is 2. The number of carbonyl (C=O) groups excluding carboxylic acids is 1. The lowest BCUT2D eigenvalue weighted by Crippen LogP contribution is -2.31. The molecule has 1 atom stereocenters. The van der Waals surface area contributed by atoms with E-state index in [1.807, 2.05) is 30.3 Å². The van der Waals surface area contributed by atoms with Gasteiger partial charge in [-0.25, -0.2) is 4.68 Å². The molecule has 1 unspecified atom stereocenters. The summed E-state index contributed by atoms with van der Waals surface area (Å²) in [5.41, 5.74) is 0. The van der Waals surface area contributed by atoms with Crippen LogP contribution in [-0.4, -0.2) is 39.9 Å². The zero-order chi connectivity index (χ0) is 16.9. The molecule has 7 heteroatoms. The van der Waals surface area contributed by atoms with Crippen molar-refractivity contribution < 1.29 is 9.53 Å². The summed E-state index contributed by atoms with van der Waals surface area (Å²) < 4.78 is 7.25. The van der Waals surface area contributed by atoms with Crippen LogP contribution in [0.2, 0.25) is 0 Å². The molecule has 2 aromatic rings. The van der Waals surface area contributed by atoms with Crippen LogP contribution in [0.1, 0.15) is 31.5 Å². The third kappa shape index (κ3) is 3.91. The van der Waals surface area contributed by atoms with Gasteiger partial charge in [0.05, 0.1) is 0 Å². The molecular formula is C17H23N5O2. The van der Waals surface area contributed by atoms with Gasteiger partial charge < -0.3 is 10.1 Å². The topological polar surface area (TPSA) is 81.1 Å². The average molecular weight is 329 g/mol. The van der Waals surface area contributed by atoms with E-state index >= 15 is 0 Å². The minimum Gasteiger partial charge on any atom is -0.481 e. The van der Waals surface area contributed by atoms with Crippen LogP contribution in [0.4, 0.5) is 5.95 Å². The smallest absolute Gasteiger partial charge is 0.267 e. The standard InChI is InChI=1S/C17H23N5O2/c1-12(24-14-6-4-3-5-7-14)16(23)20-17-19-15(21-22(17)2)13-8-10-18-11-9-13/h3-7,12-13,18H,8-11H2,1-2H3,(H,19,20,21,23). The molecular weight excluding hydrogens is 306 g/mol. The van der Waals surface area contributed by atoms with Gasteiger partial charge >= 0.3 is 0 Å². The van der Waals surface area contributed by atoms with Gasteiger partial charge in [-0.2, -0.15) is 10.1 Å². The number of aryl methyl sites for hydroxylation is 1. The first-order chi connectivity index (χ1) is 11.6. The van der Waals surface area contributed by atoms with E-state index < -0.39 is 6.10 Å². The second-order valence-corrected chi connectivity index (χ2v) is 6.00. The van der Waals surface area contributed by atoms with Crippen molar-refractivity contribution in [1.29, 1.82) is 0 Å². The number of aromatic nitrogens is 3. The summed E-state index contributed by atoms with van der Waals surface area (Å²) in [5.74, 6) is 2.02. The molecule has 7 nitrogen and oxygen atoms in total. The van der Waals surface area contributed by atoms with Crippen LogP contribution in [-0.2, 0) is 11.8 Å². The Hall–Kier alpha value is -2.41. The molecule has 0 aliphatic carbocycles. The molecule has 3 rings (SSSR count). The van der Waals surface area contributed by atoms with E-state index in [1.54, 1.807) is 18.7 Å². The fourth-order valence-corrected chi connectivity index (χ4v) is 2.73. The minimum absolute atomic E-state index is 0.244. The average Bonchev–Trinajstić information content (AvgIpc) is 2.97. The Morgan fingerprint density at radius 3 is 2.75 bits per heavy atom. The summed E-state index contributed by atoms with van der Waals surface area (Å²) in [5, 5.41) is 10.6. The van der Waals surface area contributed by atoms with Gasteiger partial charge in [-0.3, -0.25) is 10.1 Å². The third-order valence-electron chi connectivity index (χ3n) is 4.14. The molecule has 1 aliphatic heterocycles. The van der Waals surface area contributed by atoms with Gasteiger partial charge in [-0.15, -0.1) is 0 Å². The molecule has 1 aromatic carbocycles. The maximum atomic E-state index is 12.3. The molecule has 128 valence electrons. The Morgan fingerprint density at radius 1 is 1.33 bits per heavy atom. The van der Waals surface area contributed by atoms with E-state index in [0.29, 0.717) is 17.6 Å². The highest BCUT2D eigenvalue weighted by molar-refractivity contribution is 5.92. The van der Waals surface area contributed by atoms with Crippen LogP contribution in [0.3, 0.4) is 0 Å². The quantitative estimate of drug-likeness (QED) is 0.872. The number of benzene rings is 1. The molecule has 1 aliphatic rings. The van der Waals surface area contributed by atoms with Crippen LogP contribution in [0.25, 0.3) is 0 Å². The third-order valence-corrected chi connectivity index (χ3v) is 4.14. The van der Waals surface area contributed by atoms with Crippen LogP contribution in [0.15, 0.2) is 30.3 Å². The van der Waals surface area contributed by atoms with Crippen LogP contribution >= 0.6 is 0 Å². The summed E-state index contributed by atoms with van der Waals surface area (Å²) >= 11 is 0. The predicted molar refractivity (Wildman–Crippen MR) is 91.0 cm³/mol. The highest BCUT2D eigenvalue weighted by Crippen LogP contribution is 2.23. The Morgan fingerprint density at radius 2 is 2.04 bits per heavy atom. The largest absolute Gasteiger partial charge is 0.481 e. The number of nitrogens with zero attached hydrogens (tertiary/aromatic N) is 3. The number of ether oxygens (including phenoxy) is 1. The highest BCUT2D eigenvalue weighted by atomic mass is 16.5. The van der Waals surface area contributed by atoms with Gasteiger partial charge in [0.2, 0.25) is 5.95 Å². The zero-order valence-corrected chi connectivity index (χ0v) is 14.0. The van der Waals surface area contributed by atoms with Crippen molar-refractivity contribution in [3.63, 3.8) is 0 Å². The van der Waals surface area contributed by atoms with Crippen molar-refractivity contribution in [1.82, 2.24) is 20.1 Å². The molecule has 1 saturated heterocycles. The van der Waals surface area contributed by atoms with Crippen molar-refractivity contribution in [2.75, 3.05) is 18.4 Å². The van der Waals surface area contributed by atoms with Gasteiger partial charge in [-0.1, -0.05) is 18.2 Å². The molecule has 0 radical (unpaired) electrons. The van der Waals surface area contributed by atoms with Gasteiger partial charge in [0.1, 0.15) is 5.75 Å². The van der Waals surface area contributed by atoms with Crippen molar-refractivity contribution in [3.8, 4) is 5.75 Å². The number of amides is 1. The van der Waals surface area contributed by atoms with E-state index in [2.05, 4.69) is 20.7 Å². The Balaban J connectivity index is 1.62. The zero-order valence-electron chi connectivity index (χ0n) is 14.0. The van der Waals surface area contributed by atoms with Gasteiger partial charge in [-0.05, 0) is 45.0 Å². The van der Waals surface area contributed by atoms with E-state index in [-0.39, 0.29) is 5.91 Å². The number of hydrogen-bond acceptors (Lipinski definition) is 5. The van der Waals surface area contributed by atoms with E-state index in [0.717, 1.165) is 31.8 Å². The maximum absolute atomic E-state index is 12.3. The first kappa shape index (κ1) is 16.4. The number of carbonyl (C=O) groups is 1. The molecule has 2 N–H and O–H groups in total. The lowest BCUT2D eigenvalue weighted by Gasteiger charge is -2.19. The predicted octanol–water partition coefficient (Wildman–Crippen LogP) is 1.69. The van der Waals surface area contributed by atoms with Gasteiger partial charge in [0.25, 0.3) is 5.91 Å². The summed E-state index contributed by atoms with van der Waals surface area (Å²) in [4.78, 5) is 16.8. The lowest BCUT2D eigenvalue weighted by molar-refractivity contribution is -0.122. The normalized spacial score (nSPS) is 16.6. The molecule has 1 aromatic heterocycles. The molecule has 24 heavy (non-hydrogen) atoms. The fourth-order valence-electron chi connectivity index (χ4n) is 2.73. The summed E-state index contributed by atoms with van der Waals surface area (Å²) in [7, 11) is 1.79. The van der Waals surface area contributed by atoms with Crippen LogP contribution < -0.4 is 15.4 Å². The summed E-state index contributed by atoms with van der Waals surface area (Å²) in [6.45, 7) is 3.67. The van der Waals surface area contributed by atoms with Gasteiger partial charge in [0.15, 0.2) is 11.9 Å². The number of anilines is 1. The minimum atomic E-state index is -0.619. The lowest BCUT2D eigenvalue weighted by atomic mass is 9.98. The number of para-hydroxylation sites is 1. The second kappa shape index (κ2) is 7.44. The molecule has 2 heterocycles. The Kier molecular flexibility index (Phi) is 5.10. The summed E-state index contributed by atoms with van der Waals surface area (Å²) in [6.07, 6.45) is 1.42. The number of rotatable bonds is 5. The van der Waals surface area contributed by atoms with E-state index in [1.165, 1.54) is 0 Å². The molecule has 0 saturated carbocycles.